The van der Waals surface area contributed by atoms with Crippen molar-refractivity contribution in [3.05, 3.63) is 0 Å². The van der Waals surface area contributed by atoms with E-state index in [2.05, 4.69) is 0 Å². The van der Waals surface area contributed by atoms with E-state index in [1.165, 1.54) is 0 Å². The number of halogens is 1. The molecule has 0 amide bonds. The normalized spacial score (nSPS) is 14.3. The maximum absolute atomic E-state index is 9.76. The molecular formula is C2H5ClO2S. The Morgan fingerprint density at radius 3 is 2.33 bits per heavy atom. The molecular weight excluding hydrogens is 124 g/mol. The molecule has 0 spiro atoms. The van der Waals surface area contributed by atoms with Crippen molar-refractivity contribution < 1.29 is 9.32 Å². The lowest BCUT2D eigenvalue weighted by molar-refractivity contribution is 0.321. The third-order valence-electron chi connectivity index (χ3n) is 0.252. The quantitative estimate of drug-likeness (QED) is 0.527. The van der Waals surface area contributed by atoms with Gasteiger partial charge in [0, 0.05) is 0 Å². The lowest BCUT2D eigenvalue weighted by atomic mass is 10.9. The minimum absolute atomic E-state index is 0.101. The molecule has 0 aliphatic carbocycles. The minimum atomic E-state index is -1.34. The van der Waals surface area contributed by atoms with Gasteiger partial charge in [-0.25, -0.2) is 4.21 Å². The highest BCUT2D eigenvalue weighted by Crippen LogP contribution is 1.83. The molecule has 0 saturated carbocycles. The highest BCUT2D eigenvalue weighted by Gasteiger charge is 1.85. The molecule has 0 aliphatic heterocycles. The fourth-order valence-electron chi connectivity index (χ4n) is 0.0718. The van der Waals surface area contributed by atoms with Crippen LogP contribution < -0.4 is 0 Å². The molecule has 1 N–H and O–H groups in total. The van der Waals surface area contributed by atoms with E-state index < -0.39 is 10.0 Å². The molecule has 0 heterocycles. The van der Waals surface area contributed by atoms with E-state index in [1.807, 2.05) is 0 Å². The molecule has 0 aromatic carbocycles. The summed E-state index contributed by atoms with van der Waals surface area (Å²) in [6.07, 6.45) is 0. The second-order valence-electron chi connectivity index (χ2n) is 0.718. The van der Waals surface area contributed by atoms with Gasteiger partial charge in [-0.15, -0.1) is 0 Å². The summed E-state index contributed by atoms with van der Waals surface area (Å²) in [4.78, 5) is 0. The molecule has 0 bridgehead atoms. The van der Waals surface area contributed by atoms with Crippen molar-refractivity contribution in [3.8, 4) is 0 Å². The standard InChI is InChI=1S/C2H5ClO2S/c3-6(5)2-1-4/h4H,1-2H2. The van der Waals surface area contributed by atoms with E-state index in [1.54, 1.807) is 0 Å². The van der Waals surface area contributed by atoms with Gasteiger partial charge in [0.2, 0.25) is 0 Å². The predicted octanol–water partition coefficient (Wildman–Crippen LogP) is -0.119. The Morgan fingerprint density at radius 2 is 2.33 bits per heavy atom. The van der Waals surface area contributed by atoms with Crippen LogP contribution in [0.5, 0.6) is 0 Å². The van der Waals surface area contributed by atoms with Gasteiger partial charge in [0.1, 0.15) is 10.0 Å². The summed E-state index contributed by atoms with van der Waals surface area (Å²) in [5.41, 5.74) is 0. The summed E-state index contributed by atoms with van der Waals surface area (Å²) in [6.45, 7) is -0.101. The number of aliphatic hydroxyl groups excluding tert-OH is 1. The maximum atomic E-state index is 9.76. The number of aliphatic hydroxyl groups is 1. The molecule has 6 heavy (non-hydrogen) atoms. The molecule has 0 aromatic heterocycles. The predicted molar refractivity (Wildman–Crippen MR) is 25.9 cm³/mol. The zero-order chi connectivity index (χ0) is 4.99. The van der Waals surface area contributed by atoms with Crippen molar-refractivity contribution >= 4 is 20.7 Å². The van der Waals surface area contributed by atoms with Crippen molar-refractivity contribution in [2.75, 3.05) is 12.4 Å². The van der Waals surface area contributed by atoms with Crippen LogP contribution in [0.3, 0.4) is 0 Å². The molecule has 1 atom stereocenters. The molecule has 0 radical (unpaired) electrons. The van der Waals surface area contributed by atoms with Crippen LogP contribution in [0, 0.1) is 0 Å². The largest absolute Gasteiger partial charge is 0.395 e. The van der Waals surface area contributed by atoms with Crippen LogP contribution in [-0.4, -0.2) is 21.7 Å². The molecule has 0 aliphatic rings. The summed E-state index contributed by atoms with van der Waals surface area (Å²) in [5, 5.41) is 7.96. The molecule has 38 valence electrons. The van der Waals surface area contributed by atoms with Crippen LogP contribution in [0.2, 0.25) is 0 Å². The zero-order valence-corrected chi connectivity index (χ0v) is 4.63. The van der Waals surface area contributed by atoms with Gasteiger partial charge in [0.15, 0.2) is 0 Å². The van der Waals surface area contributed by atoms with Gasteiger partial charge < -0.3 is 5.11 Å². The highest BCUT2D eigenvalue weighted by atomic mass is 35.7. The van der Waals surface area contributed by atoms with Crippen molar-refractivity contribution in [3.63, 3.8) is 0 Å². The summed E-state index contributed by atoms with van der Waals surface area (Å²) < 4.78 is 9.76. The van der Waals surface area contributed by atoms with E-state index in [0.717, 1.165) is 0 Å². The fourth-order valence-corrected chi connectivity index (χ4v) is 0.422. The van der Waals surface area contributed by atoms with Gasteiger partial charge in [-0.3, -0.25) is 0 Å². The van der Waals surface area contributed by atoms with Crippen LogP contribution in [0.25, 0.3) is 0 Å². The number of hydrogen-bond donors (Lipinski definition) is 1. The van der Waals surface area contributed by atoms with Crippen LogP contribution in [0.4, 0.5) is 0 Å². The van der Waals surface area contributed by atoms with Gasteiger partial charge in [-0.05, 0) is 10.7 Å². The Labute approximate surface area is 43.1 Å². The Hall–Kier alpha value is 0.400. The molecule has 1 unspecified atom stereocenters. The first-order chi connectivity index (χ1) is 2.77. The molecule has 4 heteroatoms. The molecule has 0 rings (SSSR count). The van der Waals surface area contributed by atoms with Crippen molar-refractivity contribution in [2.24, 2.45) is 0 Å². The van der Waals surface area contributed by atoms with Gasteiger partial charge >= 0.3 is 0 Å². The highest BCUT2D eigenvalue weighted by molar-refractivity contribution is 8.08. The van der Waals surface area contributed by atoms with Crippen molar-refractivity contribution in [1.29, 1.82) is 0 Å². The summed E-state index contributed by atoms with van der Waals surface area (Å²) in [7, 11) is 3.55. The van der Waals surface area contributed by atoms with E-state index in [9.17, 15) is 4.21 Å². The van der Waals surface area contributed by atoms with E-state index in [-0.39, 0.29) is 12.4 Å². The Balaban J connectivity index is 2.83. The second-order valence-corrected chi connectivity index (χ2v) is 2.74. The lowest BCUT2D eigenvalue weighted by Gasteiger charge is -1.79. The molecule has 2 nitrogen and oxygen atoms in total. The molecule has 0 fully saturated rings. The van der Waals surface area contributed by atoms with Gasteiger partial charge in [0.25, 0.3) is 0 Å². The summed E-state index contributed by atoms with van der Waals surface area (Å²) in [5.74, 6) is 0.168. The lowest BCUT2D eigenvalue weighted by Crippen LogP contribution is -1.92. The van der Waals surface area contributed by atoms with Gasteiger partial charge in [0.05, 0.1) is 12.4 Å². The topological polar surface area (TPSA) is 37.3 Å². The third-order valence-corrected chi connectivity index (χ3v) is 1.22. The smallest absolute Gasteiger partial charge is 0.117 e. The Morgan fingerprint density at radius 1 is 1.83 bits per heavy atom. The van der Waals surface area contributed by atoms with E-state index in [0.29, 0.717) is 0 Å². The maximum Gasteiger partial charge on any atom is 0.117 e. The SMILES string of the molecule is O=S(Cl)CCO. The first-order valence-electron chi connectivity index (χ1n) is 1.43. The minimum Gasteiger partial charge on any atom is -0.395 e. The zero-order valence-electron chi connectivity index (χ0n) is 3.06. The molecule has 0 aromatic rings. The van der Waals surface area contributed by atoms with Crippen LogP contribution in [0.15, 0.2) is 0 Å². The van der Waals surface area contributed by atoms with Gasteiger partial charge in [-0.1, -0.05) is 0 Å². The van der Waals surface area contributed by atoms with Crippen molar-refractivity contribution in [2.45, 2.75) is 0 Å². The monoisotopic (exact) mass is 128 g/mol. The van der Waals surface area contributed by atoms with Crippen LogP contribution >= 0.6 is 10.7 Å². The first-order valence-corrected chi connectivity index (χ1v) is 3.57. The first kappa shape index (κ1) is 6.40. The third kappa shape index (κ3) is 4.40. The van der Waals surface area contributed by atoms with Crippen LogP contribution in [-0.2, 0) is 10.0 Å². The second kappa shape index (κ2) is 3.59. The van der Waals surface area contributed by atoms with Crippen LogP contribution in [0.1, 0.15) is 0 Å². The number of rotatable bonds is 2. The Kier molecular flexibility index (Phi) is 3.82. The molecule has 0 saturated heterocycles. The number of hydrogen-bond acceptors (Lipinski definition) is 2. The van der Waals surface area contributed by atoms with Gasteiger partial charge in [-0.2, -0.15) is 0 Å². The van der Waals surface area contributed by atoms with E-state index >= 15 is 0 Å². The Bertz CT molecular complexity index is 55.5. The average molecular weight is 129 g/mol. The van der Waals surface area contributed by atoms with E-state index in [4.69, 9.17) is 15.8 Å². The average Bonchev–Trinajstić information content (AvgIpc) is 1.35. The fraction of sp³-hybridized carbons (Fsp3) is 1.00. The summed E-state index contributed by atoms with van der Waals surface area (Å²) in [6, 6.07) is 0. The van der Waals surface area contributed by atoms with Crippen molar-refractivity contribution in [1.82, 2.24) is 0 Å². The summed E-state index contributed by atoms with van der Waals surface area (Å²) >= 11 is 0.